The lowest BCUT2D eigenvalue weighted by Crippen LogP contribution is -2.34. The van der Waals surface area contributed by atoms with Crippen LogP contribution in [0.5, 0.6) is 0 Å². The maximum Gasteiger partial charge on any atom is 0.325 e. The zero-order valence-corrected chi connectivity index (χ0v) is 19.2. The highest BCUT2D eigenvalue weighted by atomic mass is 35.5. The van der Waals surface area contributed by atoms with Gasteiger partial charge in [-0.15, -0.1) is 11.3 Å². The summed E-state index contributed by atoms with van der Waals surface area (Å²) >= 11 is 7.29. The van der Waals surface area contributed by atoms with Crippen LogP contribution in [0, 0.1) is 6.92 Å². The number of nitrogens with one attached hydrogen (secondary N) is 1. The first-order valence-corrected chi connectivity index (χ1v) is 11.3. The van der Waals surface area contributed by atoms with Gasteiger partial charge in [-0.25, -0.2) is 5.01 Å². The number of halogens is 1. The van der Waals surface area contributed by atoms with E-state index in [2.05, 4.69) is 10.4 Å². The van der Waals surface area contributed by atoms with Crippen LogP contribution in [0.1, 0.15) is 38.3 Å². The molecule has 4 rings (SSSR count). The van der Waals surface area contributed by atoms with Gasteiger partial charge in [0, 0.05) is 16.3 Å². The van der Waals surface area contributed by atoms with Crippen molar-refractivity contribution < 1.29 is 23.5 Å². The standard InChI is InChI=1S/C23H20ClN3O5S/c1-14-4-9-20(33-14)23(30)25-12-22(29)32-13-21(28)27-18(19-3-2-10-31-19)11-17(26-27)15-5-7-16(24)8-6-15/h2-10,18H,11-13H2,1H3,(H,25,30)/t18-/m0/s1. The molecule has 0 aliphatic carbocycles. The van der Waals surface area contributed by atoms with Crippen LogP contribution in [-0.4, -0.2) is 41.7 Å². The largest absolute Gasteiger partial charge is 0.467 e. The van der Waals surface area contributed by atoms with Crippen LogP contribution < -0.4 is 5.32 Å². The van der Waals surface area contributed by atoms with Crippen LogP contribution in [-0.2, 0) is 14.3 Å². The summed E-state index contributed by atoms with van der Waals surface area (Å²) in [6.07, 6.45) is 1.96. The monoisotopic (exact) mass is 485 g/mol. The summed E-state index contributed by atoms with van der Waals surface area (Å²) in [4.78, 5) is 38.4. The second-order valence-corrected chi connectivity index (χ2v) is 9.01. The molecular weight excluding hydrogens is 466 g/mol. The summed E-state index contributed by atoms with van der Waals surface area (Å²) in [6.45, 7) is 1.03. The minimum absolute atomic E-state index is 0.343. The minimum Gasteiger partial charge on any atom is -0.467 e. The molecule has 1 aliphatic rings. The Kier molecular flexibility index (Phi) is 6.90. The van der Waals surface area contributed by atoms with E-state index >= 15 is 0 Å². The molecule has 0 saturated carbocycles. The number of thiophene rings is 1. The Morgan fingerprint density at radius 1 is 1.21 bits per heavy atom. The van der Waals surface area contributed by atoms with Gasteiger partial charge in [-0.2, -0.15) is 5.10 Å². The molecule has 33 heavy (non-hydrogen) atoms. The SMILES string of the molecule is Cc1ccc(C(=O)NCC(=O)OCC(=O)N2N=C(c3ccc(Cl)cc3)C[C@H]2c2ccco2)s1. The lowest BCUT2D eigenvalue weighted by molar-refractivity contribution is -0.152. The lowest BCUT2D eigenvalue weighted by Gasteiger charge is -2.19. The Hall–Kier alpha value is -3.43. The van der Waals surface area contributed by atoms with Gasteiger partial charge >= 0.3 is 5.97 Å². The number of esters is 1. The summed E-state index contributed by atoms with van der Waals surface area (Å²) < 4.78 is 10.6. The average Bonchev–Trinajstić information content (AvgIpc) is 3.56. The number of hydrazone groups is 1. The number of hydrogen-bond acceptors (Lipinski definition) is 7. The Balaban J connectivity index is 1.37. The van der Waals surface area contributed by atoms with Gasteiger partial charge in [-0.3, -0.25) is 14.4 Å². The van der Waals surface area contributed by atoms with Crippen molar-refractivity contribution in [2.45, 2.75) is 19.4 Å². The highest BCUT2D eigenvalue weighted by molar-refractivity contribution is 7.13. The third kappa shape index (κ3) is 5.50. The van der Waals surface area contributed by atoms with Crippen LogP contribution in [0.25, 0.3) is 0 Å². The van der Waals surface area contributed by atoms with Crippen molar-refractivity contribution in [2.24, 2.45) is 5.10 Å². The quantitative estimate of drug-likeness (QED) is 0.510. The van der Waals surface area contributed by atoms with E-state index in [1.807, 2.05) is 25.1 Å². The molecule has 0 fully saturated rings. The highest BCUT2D eigenvalue weighted by Crippen LogP contribution is 2.33. The van der Waals surface area contributed by atoms with Crippen LogP contribution in [0.15, 0.2) is 64.3 Å². The fourth-order valence-electron chi connectivity index (χ4n) is 3.32. The van der Waals surface area contributed by atoms with Crippen molar-refractivity contribution in [1.82, 2.24) is 10.3 Å². The van der Waals surface area contributed by atoms with E-state index in [1.165, 1.54) is 22.6 Å². The number of aryl methyl sites for hydroxylation is 1. The molecule has 170 valence electrons. The zero-order valence-electron chi connectivity index (χ0n) is 17.6. The van der Waals surface area contributed by atoms with E-state index < -0.39 is 24.5 Å². The van der Waals surface area contributed by atoms with Gasteiger partial charge in [0.05, 0.1) is 16.9 Å². The molecule has 2 aromatic heterocycles. The topological polar surface area (TPSA) is 101 Å². The number of nitrogens with zero attached hydrogens (tertiary/aromatic N) is 2. The van der Waals surface area contributed by atoms with Crippen molar-refractivity contribution in [1.29, 1.82) is 0 Å². The summed E-state index contributed by atoms with van der Waals surface area (Å²) in [5, 5.41) is 8.81. The second-order valence-electron chi connectivity index (χ2n) is 7.28. The summed E-state index contributed by atoms with van der Waals surface area (Å²) in [5.74, 6) is -1.03. The van der Waals surface area contributed by atoms with Crippen molar-refractivity contribution in [3.63, 3.8) is 0 Å². The molecule has 0 unspecified atom stereocenters. The number of furan rings is 1. The van der Waals surface area contributed by atoms with Crippen LogP contribution in [0.4, 0.5) is 0 Å². The number of carbonyl (C=O) groups excluding carboxylic acids is 3. The molecule has 3 aromatic rings. The first-order valence-electron chi connectivity index (χ1n) is 10.1. The van der Waals surface area contributed by atoms with Gasteiger partial charge in [0.15, 0.2) is 6.61 Å². The first kappa shape index (κ1) is 22.8. The van der Waals surface area contributed by atoms with Gasteiger partial charge in [0.25, 0.3) is 11.8 Å². The van der Waals surface area contributed by atoms with E-state index in [9.17, 15) is 14.4 Å². The van der Waals surface area contributed by atoms with Crippen LogP contribution in [0.2, 0.25) is 5.02 Å². The fraction of sp³-hybridized carbons (Fsp3) is 0.217. The van der Waals surface area contributed by atoms with Crippen LogP contribution in [0.3, 0.4) is 0 Å². The van der Waals surface area contributed by atoms with Crippen molar-refractivity contribution in [3.8, 4) is 0 Å². The normalized spacial score (nSPS) is 15.3. The summed E-state index contributed by atoms with van der Waals surface area (Å²) in [5.41, 5.74) is 1.51. The van der Waals surface area contributed by atoms with Crippen molar-refractivity contribution >= 4 is 46.4 Å². The Morgan fingerprint density at radius 3 is 2.67 bits per heavy atom. The minimum atomic E-state index is -0.722. The molecule has 0 spiro atoms. The van der Waals surface area contributed by atoms with E-state index in [0.717, 1.165) is 10.4 Å². The number of rotatable bonds is 7. The second kappa shape index (κ2) is 10.0. The van der Waals surface area contributed by atoms with E-state index in [1.54, 1.807) is 30.3 Å². The van der Waals surface area contributed by atoms with Gasteiger partial charge in [-0.05, 0) is 48.9 Å². The number of carbonyl (C=O) groups is 3. The molecule has 1 aliphatic heterocycles. The third-order valence-electron chi connectivity index (χ3n) is 4.93. The number of ether oxygens (including phenoxy) is 1. The van der Waals surface area contributed by atoms with E-state index in [4.69, 9.17) is 20.8 Å². The smallest absolute Gasteiger partial charge is 0.325 e. The maximum atomic E-state index is 12.8. The Bertz CT molecular complexity index is 1190. The maximum absolute atomic E-state index is 12.8. The molecule has 0 bridgehead atoms. The van der Waals surface area contributed by atoms with Gasteiger partial charge in [0.2, 0.25) is 0 Å². The first-order chi connectivity index (χ1) is 15.9. The predicted molar refractivity (Wildman–Crippen MR) is 123 cm³/mol. The van der Waals surface area contributed by atoms with Gasteiger partial charge in [-0.1, -0.05) is 23.7 Å². The lowest BCUT2D eigenvalue weighted by atomic mass is 10.0. The molecule has 1 N–H and O–H groups in total. The zero-order chi connectivity index (χ0) is 23.4. The Labute approximate surface area is 198 Å². The summed E-state index contributed by atoms with van der Waals surface area (Å²) in [7, 11) is 0. The number of benzene rings is 1. The van der Waals surface area contributed by atoms with Gasteiger partial charge in [0.1, 0.15) is 18.3 Å². The van der Waals surface area contributed by atoms with Crippen LogP contribution >= 0.6 is 22.9 Å². The molecule has 0 saturated heterocycles. The molecule has 0 radical (unpaired) electrons. The summed E-state index contributed by atoms with van der Waals surface area (Å²) in [6, 6.07) is 13.7. The molecule has 3 heterocycles. The average molecular weight is 486 g/mol. The molecule has 10 heteroatoms. The van der Waals surface area contributed by atoms with Gasteiger partial charge < -0.3 is 14.5 Å². The number of amides is 2. The molecule has 1 atom stereocenters. The molecule has 2 amide bonds. The highest BCUT2D eigenvalue weighted by Gasteiger charge is 2.35. The van der Waals surface area contributed by atoms with Crippen molar-refractivity contribution in [2.75, 3.05) is 13.2 Å². The fourth-order valence-corrected chi connectivity index (χ4v) is 4.23. The Morgan fingerprint density at radius 2 is 2.00 bits per heavy atom. The van der Waals surface area contributed by atoms with E-state index in [-0.39, 0.29) is 12.5 Å². The van der Waals surface area contributed by atoms with Crippen molar-refractivity contribution in [3.05, 3.63) is 80.9 Å². The predicted octanol–water partition coefficient (Wildman–Crippen LogP) is 3.95. The molecular formula is C23H20ClN3O5S. The van der Waals surface area contributed by atoms with E-state index in [0.29, 0.717) is 27.8 Å². The number of hydrogen-bond donors (Lipinski definition) is 1. The molecule has 8 nitrogen and oxygen atoms in total. The molecule has 1 aromatic carbocycles. The third-order valence-corrected chi connectivity index (χ3v) is 6.18.